The Hall–Kier alpha value is -3.07. The zero-order chi connectivity index (χ0) is 30.3. The van der Waals surface area contributed by atoms with Crippen molar-refractivity contribution in [3.05, 3.63) is 94.0 Å². The number of hydrogen-bond donors (Lipinski definition) is 1. The van der Waals surface area contributed by atoms with Crippen LogP contribution in [0.2, 0.25) is 10.0 Å². The van der Waals surface area contributed by atoms with Crippen LogP contribution in [0.5, 0.6) is 0 Å². The number of rotatable bonds is 12. The quantitative estimate of drug-likeness (QED) is 0.247. The Morgan fingerprint density at radius 1 is 0.902 bits per heavy atom. The molecule has 2 atom stereocenters. The van der Waals surface area contributed by atoms with Crippen LogP contribution in [0, 0.1) is 0 Å². The molecule has 2 amide bonds. The first-order valence-corrected chi connectivity index (χ1v) is 15.8. The SMILES string of the molecule is CC[C@H](C)NC(=O)[C@@H](C)N(Cc1ccc(Cl)cc1Cl)C(=O)CN(c1ccc(C(C)C)cc1)S(=O)(=O)c1ccccc1. The van der Waals surface area contributed by atoms with E-state index in [4.69, 9.17) is 23.2 Å². The molecule has 0 saturated heterocycles. The minimum absolute atomic E-state index is 0.0184. The molecule has 0 aliphatic heterocycles. The van der Waals surface area contributed by atoms with Crippen molar-refractivity contribution in [3.63, 3.8) is 0 Å². The standard InChI is InChI=1S/C31H37Cl2N3O4S/c1-6-22(4)34-31(38)23(5)35(19-25-12-15-26(32)18-29(25)33)30(37)20-36(27-16-13-24(14-17-27)21(2)3)41(39,40)28-10-8-7-9-11-28/h7-18,21-23H,6,19-20H2,1-5H3,(H,34,38)/t22-,23+/m0/s1. The lowest BCUT2D eigenvalue weighted by Gasteiger charge is -2.32. The van der Waals surface area contributed by atoms with Gasteiger partial charge in [-0.25, -0.2) is 8.42 Å². The number of carbonyl (C=O) groups excluding carboxylic acids is 2. The van der Waals surface area contributed by atoms with Crippen LogP contribution in [-0.2, 0) is 26.2 Å². The van der Waals surface area contributed by atoms with Crippen LogP contribution >= 0.6 is 23.2 Å². The van der Waals surface area contributed by atoms with Crippen molar-refractivity contribution in [1.29, 1.82) is 0 Å². The fourth-order valence-corrected chi connectivity index (χ4v) is 6.06. The van der Waals surface area contributed by atoms with Gasteiger partial charge in [-0.05, 0) is 73.7 Å². The maximum Gasteiger partial charge on any atom is 0.264 e. The van der Waals surface area contributed by atoms with E-state index in [0.29, 0.717) is 27.7 Å². The molecule has 0 heterocycles. The van der Waals surface area contributed by atoms with Gasteiger partial charge in [0.25, 0.3) is 10.0 Å². The summed E-state index contributed by atoms with van der Waals surface area (Å²) >= 11 is 12.5. The molecule has 41 heavy (non-hydrogen) atoms. The molecule has 0 unspecified atom stereocenters. The largest absolute Gasteiger partial charge is 0.352 e. The van der Waals surface area contributed by atoms with E-state index >= 15 is 0 Å². The zero-order valence-electron chi connectivity index (χ0n) is 24.0. The maximum absolute atomic E-state index is 14.0. The van der Waals surface area contributed by atoms with Gasteiger partial charge in [0.05, 0.1) is 10.6 Å². The fraction of sp³-hybridized carbons (Fsp3) is 0.355. The van der Waals surface area contributed by atoms with Gasteiger partial charge in [-0.3, -0.25) is 13.9 Å². The summed E-state index contributed by atoms with van der Waals surface area (Å²) in [4.78, 5) is 28.6. The minimum Gasteiger partial charge on any atom is -0.352 e. The summed E-state index contributed by atoms with van der Waals surface area (Å²) in [6, 6.07) is 19.0. The molecule has 0 fully saturated rings. The second-order valence-corrected chi connectivity index (χ2v) is 13.0. The smallest absolute Gasteiger partial charge is 0.264 e. The highest BCUT2D eigenvalue weighted by molar-refractivity contribution is 7.92. The first-order chi connectivity index (χ1) is 19.3. The predicted octanol–water partition coefficient (Wildman–Crippen LogP) is 6.64. The summed E-state index contributed by atoms with van der Waals surface area (Å²) in [6.45, 7) is 8.99. The van der Waals surface area contributed by atoms with Crippen molar-refractivity contribution in [1.82, 2.24) is 10.2 Å². The highest BCUT2D eigenvalue weighted by Crippen LogP contribution is 2.28. The molecule has 7 nitrogen and oxygen atoms in total. The number of anilines is 1. The van der Waals surface area contributed by atoms with Crippen molar-refractivity contribution in [3.8, 4) is 0 Å². The predicted molar refractivity (Wildman–Crippen MR) is 166 cm³/mol. The average molecular weight is 619 g/mol. The lowest BCUT2D eigenvalue weighted by atomic mass is 10.0. The number of hydrogen-bond acceptors (Lipinski definition) is 4. The number of carbonyl (C=O) groups is 2. The number of benzene rings is 3. The second kappa shape index (κ2) is 14.2. The summed E-state index contributed by atoms with van der Waals surface area (Å²) in [5.74, 6) is -0.666. The minimum atomic E-state index is -4.13. The Bertz CT molecular complexity index is 1450. The van der Waals surface area contributed by atoms with Gasteiger partial charge in [-0.1, -0.05) is 80.4 Å². The molecule has 3 aromatic carbocycles. The zero-order valence-corrected chi connectivity index (χ0v) is 26.3. The molecule has 0 spiro atoms. The van der Waals surface area contributed by atoms with Crippen LogP contribution in [0.3, 0.4) is 0 Å². The monoisotopic (exact) mass is 617 g/mol. The average Bonchev–Trinajstić information content (AvgIpc) is 2.95. The molecule has 220 valence electrons. The summed E-state index contributed by atoms with van der Waals surface area (Å²) in [6.07, 6.45) is 0.713. The molecular weight excluding hydrogens is 581 g/mol. The van der Waals surface area contributed by atoms with Gasteiger partial charge in [0.2, 0.25) is 11.8 Å². The van der Waals surface area contributed by atoms with Crippen LogP contribution in [0.4, 0.5) is 5.69 Å². The van der Waals surface area contributed by atoms with Gasteiger partial charge in [0, 0.05) is 22.6 Å². The summed E-state index contributed by atoms with van der Waals surface area (Å²) in [5, 5.41) is 3.68. The Morgan fingerprint density at radius 2 is 1.54 bits per heavy atom. The third-order valence-corrected chi connectivity index (χ3v) is 9.36. The third kappa shape index (κ3) is 8.24. The molecule has 3 aromatic rings. The second-order valence-electron chi connectivity index (χ2n) is 10.3. The van der Waals surface area contributed by atoms with E-state index in [2.05, 4.69) is 5.32 Å². The molecular formula is C31H37Cl2N3O4S. The number of halogens is 2. The van der Waals surface area contributed by atoms with Crippen molar-refractivity contribution < 1.29 is 18.0 Å². The van der Waals surface area contributed by atoms with E-state index in [-0.39, 0.29) is 29.3 Å². The number of nitrogens with zero attached hydrogens (tertiary/aromatic N) is 2. The highest BCUT2D eigenvalue weighted by atomic mass is 35.5. The van der Waals surface area contributed by atoms with Crippen LogP contribution < -0.4 is 9.62 Å². The molecule has 3 rings (SSSR count). The molecule has 0 aromatic heterocycles. The van der Waals surface area contributed by atoms with E-state index in [1.54, 1.807) is 55.5 Å². The third-order valence-electron chi connectivity index (χ3n) is 6.98. The highest BCUT2D eigenvalue weighted by Gasteiger charge is 2.33. The van der Waals surface area contributed by atoms with Crippen LogP contribution in [0.25, 0.3) is 0 Å². The fourth-order valence-electron chi connectivity index (χ4n) is 4.16. The van der Waals surface area contributed by atoms with Gasteiger partial charge >= 0.3 is 0 Å². The molecule has 0 aliphatic rings. The van der Waals surface area contributed by atoms with Crippen molar-refractivity contribution in [2.24, 2.45) is 0 Å². The van der Waals surface area contributed by atoms with Gasteiger partial charge in [-0.2, -0.15) is 0 Å². The van der Waals surface area contributed by atoms with Gasteiger partial charge in [-0.15, -0.1) is 0 Å². The van der Waals surface area contributed by atoms with Crippen molar-refractivity contribution in [2.75, 3.05) is 10.8 Å². The van der Waals surface area contributed by atoms with E-state index in [1.807, 2.05) is 39.8 Å². The Balaban J connectivity index is 2.05. The van der Waals surface area contributed by atoms with Gasteiger partial charge in [0.15, 0.2) is 0 Å². The Labute approximate surface area is 253 Å². The molecule has 0 aliphatic carbocycles. The summed E-state index contributed by atoms with van der Waals surface area (Å²) in [5.41, 5.74) is 1.95. The molecule has 10 heteroatoms. The van der Waals surface area contributed by atoms with E-state index < -0.39 is 28.5 Å². The number of sulfonamides is 1. The Kier molecular flexibility index (Phi) is 11.2. The van der Waals surface area contributed by atoms with E-state index in [1.165, 1.54) is 17.0 Å². The van der Waals surface area contributed by atoms with Crippen molar-refractivity contribution in [2.45, 2.75) is 70.5 Å². The molecule has 1 N–H and O–H groups in total. The van der Waals surface area contributed by atoms with Gasteiger partial charge in [0.1, 0.15) is 12.6 Å². The summed E-state index contributed by atoms with van der Waals surface area (Å²) < 4.78 is 28.9. The Morgan fingerprint density at radius 3 is 2.10 bits per heavy atom. The van der Waals surface area contributed by atoms with Crippen LogP contribution in [0.15, 0.2) is 77.7 Å². The lowest BCUT2D eigenvalue weighted by molar-refractivity contribution is -0.139. The van der Waals surface area contributed by atoms with Crippen LogP contribution in [0.1, 0.15) is 58.1 Å². The normalized spacial score (nSPS) is 13.0. The first-order valence-electron chi connectivity index (χ1n) is 13.6. The van der Waals surface area contributed by atoms with Gasteiger partial charge < -0.3 is 10.2 Å². The number of amides is 2. The first kappa shape index (κ1) is 32.4. The van der Waals surface area contributed by atoms with Crippen LogP contribution in [-0.4, -0.2) is 43.8 Å². The summed E-state index contributed by atoms with van der Waals surface area (Å²) in [7, 11) is -4.13. The molecule has 0 radical (unpaired) electrons. The van der Waals surface area contributed by atoms with E-state index in [9.17, 15) is 18.0 Å². The molecule has 0 saturated carbocycles. The molecule has 0 bridgehead atoms. The maximum atomic E-state index is 14.0. The van der Waals surface area contributed by atoms with Crippen molar-refractivity contribution >= 4 is 50.7 Å². The lowest BCUT2D eigenvalue weighted by Crippen LogP contribution is -2.52. The number of nitrogens with one attached hydrogen (secondary N) is 1. The topological polar surface area (TPSA) is 86.8 Å². The van der Waals surface area contributed by atoms with E-state index in [0.717, 1.165) is 9.87 Å².